The number of anilines is 4. The fourth-order valence-electron chi connectivity index (χ4n) is 18.5. The molecule has 11 heterocycles. The number of benzene rings is 9. The van der Waals surface area contributed by atoms with E-state index in [1.165, 1.54) is 111 Å². The highest BCUT2D eigenvalue weighted by Gasteiger charge is 2.24. The molecule has 0 bridgehead atoms. The van der Waals surface area contributed by atoms with Crippen LogP contribution in [0.3, 0.4) is 0 Å². The van der Waals surface area contributed by atoms with Gasteiger partial charge in [-0.25, -0.2) is 23.9 Å². The van der Waals surface area contributed by atoms with Gasteiger partial charge in [-0.3, -0.25) is 23.5 Å². The van der Waals surface area contributed by atoms with Crippen LogP contribution in [0.1, 0.15) is 256 Å². The van der Waals surface area contributed by atoms with Gasteiger partial charge in [0.1, 0.15) is 12.1 Å². The summed E-state index contributed by atoms with van der Waals surface area (Å²) in [5, 5.41) is 21.6. The number of aryl methyl sites for hydroxylation is 4. The second-order valence-electron chi connectivity index (χ2n) is 43.8. The third-order valence-corrected chi connectivity index (χ3v) is 26.8. The topological polar surface area (TPSA) is 258 Å². The number of oxazole rings is 2. The highest BCUT2D eigenvalue weighted by molar-refractivity contribution is 7.17. The molecule has 0 fully saturated rings. The first-order chi connectivity index (χ1) is 70.0. The average Bonchev–Trinajstić information content (AvgIpc) is 1.71. The minimum Gasteiger partial charge on any atom is -0.482 e. The number of nitrogens with one attached hydrogen (secondary N) is 5. The molecule has 0 radical (unpaired) electrons. The van der Waals surface area contributed by atoms with Crippen molar-refractivity contribution in [2.24, 2.45) is 59.2 Å². The third kappa shape index (κ3) is 35.4. The van der Waals surface area contributed by atoms with Crippen molar-refractivity contribution in [1.82, 2.24) is 38.4 Å². The highest BCUT2D eigenvalue weighted by atomic mass is 32.1. The van der Waals surface area contributed by atoms with Crippen molar-refractivity contribution in [3.8, 4) is 5.75 Å². The maximum Gasteiger partial charge on any atom is 0.420 e. The molecule has 147 heavy (non-hydrogen) atoms. The van der Waals surface area contributed by atoms with Crippen molar-refractivity contribution in [1.29, 1.82) is 0 Å². The van der Waals surface area contributed by atoms with Gasteiger partial charge in [0.25, 0.3) is 5.91 Å². The van der Waals surface area contributed by atoms with Crippen LogP contribution < -0.4 is 42.4 Å². The number of carbonyl (C=O) groups excluding carboxylic acids is 4. The van der Waals surface area contributed by atoms with Gasteiger partial charge in [0.05, 0.1) is 27.1 Å². The van der Waals surface area contributed by atoms with Crippen LogP contribution in [0.5, 0.6) is 5.75 Å². The Bertz CT molecular complexity index is 6860. The molecule has 9 aromatic carbocycles. The summed E-state index contributed by atoms with van der Waals surface area (Å²) in [7, 11) is 1.87. The van der Waals surface area contributed by atoms with Crippen LogP contribution in [-0.2, 0) is 105 Å². The van der Waals surface area contributed by atoms with Crippen LogP contribution in [0.25, 0.3) is 58.9 Å². The van der Waals surface area contributed by atoms with Crippen molar-refractivity contribution < 1.29 is 32.7 Å². The summed E-state index contributed by atoms with van der Waals surface area (Å²) >= 11 is 3.41. The van der Waals surface area contributed by atoms with Crippen LogP contribution in [-0.4, -0.2) is 70.5 Å². The molecule has 21 nitrogen and oxygen atoms in total. The summed E-state index contributed by atoms with van der Waals surface area (Å²) in [5.74, 6) is 7.23. The zero-order valence-corrected chi connectivity index (χ0v) is 93.3. The molecular weight excluding hydrogens is 1870 g/mol. The number of H-pyrrole nitrogens is 1. The first kappa shape index (κ1) is 114. The van der Waals surface area contributed by atoms with E-state index in [2.05, 4.69) is 331 Å². The van der Waals surface area contributed by atoms with Crippen LogP contribution >= 0.6 is 22.9 Å². The maximum atomic E-state index is 11.7. The molecule has 4 aliphatic rings. The van der Waals surface area contributed by atoms with E-state index in [1.54, 1.807) is 31.9 Å². The van der Waals surface area contributed by atoms with E-state index in [0.717, 1.165) is 138 Å². The Kier molecular flexibility index (Phi) is 42.9. The number of urea groups is 1. The van der Waals surface area contributed by atoms with Gasteiger partial charge in [0, 0.05) is 84.1 Å². The molecule has 0 saturated heterocycles. The van der Waals surface area contributed by atoms with E-state index in [0.29, 0.717) is 78.5 Å². The van der Waals surface area contributed by atoms with E-state index in [-0.39, 0.29) is 47.9 Å². The molecule has 0 unspecified atom stereocenters. The smallest absolute Gasteiger partial charge is 0.420 e. The summed E-state index contributed by atoms with van der Waals surface area (Å²) < 4.78 is 28.0. The number of hydrogen-bond acceptors (Lipinski definition) is 14. The number of pyridine rings is 1. The highest BCUT2D eigenvalue weighted by Crippen LogP contribution is 2.34. The Balaban J connectivity index is 0.000000155. The van der Waals surface area contributed by atoms with E-state index >= 15 is 0 Å². The van der Waals surface area contributed by atoms with Crippen LogP contribution in [0.15, 0.2) is 231 Å². The largest absolute Gasteiger partial charge is 0.482 e. The van der Waals surface area contributed by atoms with Gasteiger partial charge < -0.3 is 44.7 Å². The number of fused-ring (bicyclic) bond motifs is 10. The standard InChI is InChI=1S/C14H19NO2.C14H19NO.C13H17NO2.C13H17NO.C12H16N2O.C12H15NO2.C12H15NS.C12H15N.C12H14S.C10H13N3/c1-9(2)7-11-5-6-13-12(8-11)15(10(3)4)14(16)17-13;1-10(2)8-11-4-5-12-6-7-14(16)15(3)13(12)9-11;1-4-14-11-8-10(7-9(2)3)5-6-12(11)16-13(14)15;1-9(2)7-10-3-4-11-5-6-13(15)14-12(11)8-10;1-8(2)5-9-3-4-10-7-13-12(15)14-11(10)6-9;1-8(2)5-9-3-4-10-11(6-9)15-7-12(14)13-10;1-8(2)6-10-4-5-12-11(7-10)9(3)13-14-12;2*1-9(2)7-10-3-4-12-11(8-10)5-6-13-12;1-8(2)5-9-3-4-10-11-7-12-13(10)6-9/h5-6,8-10H,7H2,1-4H3;4-5,9-10H,6-8H2,1-3H3;5-6,8-9H,4,7H2,1-3H3;3-4,8-9H,5-7H2,1-2H3,(H,14,15);3-4,6,8H,5,7H2,1-2H3,(H2,13,14,15);3-4,6,8H,5,7H2,1-2H3,(H,13,14);4-5,7-8H,6H2,1-3H3;3-6,8-9,13H,7H2,1-2H3;3-6,8-9H,7H2,1-2H3;3-4,6-8H,5H2,1-2H3. The molecule has 5 N–H and O–H groups in total. The van der Waals surface area contributed by atoms with Gasteiger partial charge in [-0.15, -0.1) is 11.3 Å². The van der Waals surface area contributed by atoms with E-state index < -0.39 is 0 Å². The van der Waals surface area contributed by atoms with E-state index in [1.807, 2.05) is 105 Å². The number of aromatic amines is 1. The lowest BCUT2D eigenvalue weighted by Gasteiger charge is -2.26. The molecule has 0 atom stereocenters. The second-order valence-corrected chi connectivity index (χ2v) is 45.6. The molecular formula is C124H160N12O9S2. The quantitative estimate of drug-likeness (QED) is 0.0424. The van der Waals surface area contributed by atoms with Gasteiger partial charge in [-0.1, -0.05) is 223 Å². The molecule has 23 heteroatoms. The molecule has 0 aliphatic carbocycles. The number of rotatable bonds is 22. The molecule has 0 spiro atoms. The zero-order chi connectivity index (χ0) is 106. The predicted octanol–water partition coefficient (Wildman–Crippen LogP) is 29.7. The lowest BCUT2D eigenvalue weighted by Crippen LogP contribution is -2.33. The number of amides is 5. The Morgan fingerprint density at radius 2 is 0.884 bits per heavy atom. The van der Waals surface area contributed by atoms with Crippen molar-refractivity contribution >= 4 is 128 Å². The summed E-state index contributed by atoms with van der Waals surface area (Å²) in [4.78, 5) is 77.3. The zero-order valence-electron chi connectivity index (χ0n) is 91.7. The minimum absolute atomic E-state index is 0.0842. The van der Waals surface area contributed by atoms with Crippen LogP contribution in [0.2, 0.25) is 0 Å². The summed E-state index contributed by atoms with van der Waals surface area (Å²) in [5.41, 5.74) is 27.4. The Hall–Kier alpha value is -13.0. The first-order valence-corrected chi connectivity index (χ1v) is 54.6. The van der Waals surface area contributed by atoms with Gasteiger partial charge >= 0.3 is 17.5 Å². The Morgan fingerprint density at radius 3 is 1.48 bits per heavy atom. The number of aromatic nitrogens is 7. The Morgan fingerprint density at radius 1 is 0.415 bits per heavy atom. The van der Waals surface area contributed by atoms with Gasteiger partial charge in [-0.2, -0.15) is 9.47 Å². The molecule has 0 saturated carbocycles. The summed E-state index contributed by atoms with van der Waals surface area (Å²) in [6, 6.07) is 65.8. The number of thiophene rings is 1. The third-order valence-electron chi connectivity index (χ3n) is 25.0. The van der Waals surface area contributed by atoms with E-state index in [4.69, 9.17) is 13.6 Å². The van der Waals surface area contributed by atoms with Crippen LogP contribution in [0, 0.1) is 66.1 Å². The summed E-state index contributed by atoms with van der Waals surface area (Å²) in [6.07, 6.45) is 19.5. The molecule has 782 valence electrons. The monoisotopic (exact) mass is 2030 g/mol. The number of ether oxygens (including phenoxy) is 1. The number of hydrogen-bond donors (Lipinski definition) is 5. The normalized spacial score (nSPS) is 12.9. The second kappa shape index (κ2) is 55.2. The Labute approximate surface area is 879 Å². The van der Waals surface area contributed by atoms with Gasteiger partial charge in [-0.05, 0) is 367 Å². The first-order valence-electron chi connectivity index (χ1n) is 53.0. The lowest BCUT2D eigenvalue weighted by atomic mass is 9.96. The number of nitrogens with zero attached hydrogens (tertiary/aromatic N) is 7. The molecule has 20 rings (SSSR count). The van der Waals surface area contributed by atoms with E-state index in [9.17, 15) is 28.8 Å². The van der Waals surface area contributed by atoms with Crippen molar-refractivity contribution in [3.63, 3.8) is 0 Å². The average molecular weight is 2030 g/mol. The van der Waals surface area contributed by atoms with Crippen molar-refractivity contribution in [2.75, 3.05) is 34.5 Å². The SMILES string of the molecule is CC(C)Cc1ccc2[nH]ccc2c1.CC(C)Cc1ccc2c(c1)N(C)C(=O)CC2.CC(C)Cc1ccc2c(c1)NC(=O)CC2.CC(C)Cc1ccc2c(c1)NC(=O)NC2.CC(C)Cc1ccc2c(c1)OCC(=O)N2.CC(C)Cc1ccc2ncnn2c1.CC(C)Cc1ccc2oc(=O)n(C(C)C)c2c1.CC(C)Cc1ccc2sccc2c1.CCn1c(=O)oc2ccc(CC(C)C)cc21.Cc1nsc2ccc(CC(C)C)cc12. The lowest BCUT2D eigenvalue weighted by molar-refractivity contribution is -0.119. The van der Waals surface area contributed by atoms with Crippen LogP contribution in [0.4, 0.5) is 27.5 Å². The van der Waals surface area contributed by atoms with Gasteiger partial charge in [0.15, 0.2) is 23.4 Å². The van der Waals surface area contributed by atoms with Crippen molar-refractivity contribution in [3.05, 3.63) is 311 Å². The molecule has 7 aromatic heterocycles. The fourth-order valence-corrected chi connectivity index (χ4v) is 20.0. The minimum atomic E-state index is -0.267. The molecule has 16 aromatic rings. The fraction of sp³-hybridized carbons (Fsp3) is 0.427. The van der Waals surface area contributed by atoms with Crippen molar-refractivity contribution in [2.45, 2.75) is 275 Å². The predicted molar refractivity (Wildman–Crippen MR) is 614 cm³/mol. The summed E-state index contributed by atoms with van der Waals surface area (Å²) in [6.45, 7) is 53.7. The maximum absolute atomic E-state index is 11.7. The van der Waals surface area contributed by atoms with Gasteiger partial charge in [0.2, 0.25) is 11.8 Å². The molecule has 5 amide bonds. The molecule has 4 aliphatic heterocycles. The number of carbonyl (C=O) groups is 4.